The van der Waals surface area contributed by atoms with Gasteiger partial charge in [0.25, 0.3) is 0 Å². The van der Waals surface area contributed by atoms with Gasteiger partial charge in [-0.15, -0.1) is 0 Å². The quantitative estimate of drug-likeness (QED) is 0.368. The molecular weight excluding hydrogens is 172 g/mol. The zero-order valence-electron chi connectivity index (χ0n) is 8.49. The van der Waals surface area contributed by atoms with E-state index < -0.39 is 17.9 Å². The molecule has 0 N–H and O–H groups in total. The van der Waals surface area contributed by atoms with Crippen LogP contribution in [0, 0.1) is 0 Å². The van der Waals surface area contributed by atoms with Crippen LogP contribution in [0.25, 0.3) is 0 Å². The molecule has 1 atom stereocenters. The van der Waals surface area contributed by atoms with E-state index in [-0.39, 0.29) is 0 Å². The maximum atomic E-state index is 10.8. The van der Waals surface area contributed by atoms with Crippen LogP contribution in [0.15, 0.2) is 12.7 Å². The lowest BCUT2D eigenvalue weighted by Gasteiger charge is -2.31. The van der Waals surface area contributed by atoms with Crippen molar-refractivity contribution >= 4 is 5.97 Å². The Morgan fingerprint density at radius 1 is 1.46 bits per heavy atom. The average molecular weight is 188 g/mol. The highest BCUT2D eigenvalue weighted by atomic mass is 16.7. The van der Waals surface area contributed by atoms with Gasteiger partial charge < -0.3 is 14.2 Å². The Balaban J connectivity index is 4.58. The third-order valence-corrected chi connectivity index (χ3v) is 1.67. The largest absolute Gasteiger partial charge is 0.450 e. The van der Waals surface area contributed by atoms with Crippen molar-refractivity contribution in [1.29, 1.82) is 0 Å². The summed E-state index contributed by atoms with van der Waals surface area (Å²) in [6.45, 7) is 6.55. The second-order valence-corrected chi connectivity index (χ2v) is 2.78. The second-order valence-electron chi connectivity index (χ2n) is 2.78. The van der Waals surface area contributed by atoms with E-state index in [0.717, 1.165) is 0 Å². The van der Waals surface area contributed by atoms with E-state index in [4.69, 9.17) is 14.2 Å². The third kappa shape index (κ3) is 3.16. The molecular formula is C9H16O4. The van der Waals surface area contributed by atoms with Crippen molar-refractivity contribution < 1.29 is 19.0 Å². The van der Waals surface area contributed by atoms with Crippen LogP contribution in [0.1, 0.15) is 13.8 Å². The van der Waals surface area contributed by atoms with Crippen molar-refractivity contribution in [3.8, 4) is 0 Å². The first-order chi connectivity index (χ1) is 6.00. The minimum Gasteiger partial charge on any atom is -0.450 e. The number of carbonyl (C=O) groups is 1. The minimum absolute atomic E-state index is 0.401. The summed E-state index contributed by atoms with van der Waals surface area (Å²) in [6, 6.07) is 0. The van der Waals surface area contributed by atoms with Crippen LogP contribution < -0.4 is 0 Å². The molecule has 0 aliphatic carbocycles. The number of ether oxygens (including phenoxy) is 3. The zero-order chi connectivity index (χ0) is 10.5. The summed E-state index contributed by atoms with van der Waals surface area (Å²) in [5, 5.41) is 0. The smallest absolute Gasteiger partial charge is 0.303 e. The van der Waals surface area contributed by atoms with Gasteiger partial charge in [0.15, 0.2) is 5.60 Å². The van der Waals surface area contributed by atoms with E-state index in [1.807, 2.05) is 0 Å². The molecule has 0 bridgehead atoms. The van der Waals surface area contributed by atoms with Crippen LogP contribution in [-0.2, 0) is 19.0 Å². The van der Waals surface area contributed by atoms with Crippen LogP contribution in [0.5, 0.6) is 0 Å². The Hall–Kier alpha value is -0.870. The highest BCUT2D eigenvalue weighted by molar-refractivity contribution is 5.66. The van der Waals surface area contributed by atoms with E-state index >= 15 is 0 Å². The van der Waals surface area contributed by atoms with E-state index in [9.17, 15) is 4.79 Å². The van der Waals surface area contributed by atoms with Crippen molar-refractivity contribution in [2.75, 3.05) is 14.2 Å². The second kappa shape index (κ2) is 4.99. The molecule has 0 aliphatic rings. The topological polar surface area (TPSA) is 44.8 Å². The van der Waals surface area contributed by atoms with Crippen molar-refractivity contribution in [3.05, 3.63) is 12.7 Å². The maximum absolute atomic E-state index is 10.8. The molecule has 13 heavy (non-hydrogen) atoms. The first-order valence-electron chi connectivity index (χ1n) is 3.89. The average Bonchev–Trinajstić information content (AvgIpc) is 2.05. The van der Waals surface area contributed by atoms with Crippen LogP contribution >= 0.6 is 0 Å². The van der Waals surface area contributed by atoms with Crippen LogP contribution in [0.4, 0.5) is 0 Å². The number of rotatable bonds is 5. The normalized spacial score (nSPS) is 15.2. The van der Waals surface area contributed by atoms with Crippen LogP contribution in [-0.4, -0.2) is 32.1 Å². The van der Waals surface area contributed by atoms with Crippen molar-refractivity contribution in [2.45, 2.75) is 25.7 Å². The Morgan fingerprint density at radius 3 is 2.15 bits per heavy atom. The molecule has 0 spiro atoms. The molecule has 0 aromatic heterocycles. The van der Waals surface area contributed by atoms with Gasteiger partial charge in [-0.25, -0.2) is 0 Å². The SMILES string of the molecule is C=CC(C)(OC(C)=O)C(OC)OC. The van der Waals surface area contributed by atoms with E-state index in [0.29, 0.717) is 0 Å². The summed E-state index contributed by atoms with van der Waals surface area (Å²) in [5.41, 5.74) is -0.949. The highest BCUT2D eigenvalue weighted by Gasteiger charge is 2.35. The third-order valence-electron chi connectivity index (χ3n) is 1.67. The lowest BCUT2D eigenvalue weighted by molar-refractivity contribution is -0.209. The molecule has 76 valence electrons. The molecule has 0 saturated heterocycles. The number of carbonyl (C=O) groups excluding carboxylic acids is 1. The van der Waals surface area contributed by atoms with Gasteiger partial charge in [0.05, 0.1) is 0 Å². The summed E-state index contributed by atoms with van der Waals surface area (Å²) in [5.74, 6) is -0.401. The van der Waals surface area contributed by atoms with Crippen molar-refractivity contribution in [3.63, 3.8) is 0 Å². The summed E-state index contributed by atoms with van der Waals surface area (Å²) in [7, 11) is 2.94. The molecule has 4 heteroatoms. The molecule has 0 amide bonds. The molecule has 0 rings (SSSR count). The Morgan fingerprint density at radius 2 is 1.92 bits per heavy atom. The maximum Gasteiger partial charge on any atom is 0.303 e. The predicted molar refractivity (Wildman–Crippen MR) is 48.2 cm³/mol. The summed E-state index contributed by atoms with van der Waals surface area (Å²) in [6.07, 6.45) is 0.834. The molecule has 0 saturated carbocycles. The predicted octanol–water partition coefficient (Wildman–Crippen LogP) is 1.11. The van der Waals surface area contributed by atoms with Gasteiger partial charge in [-0.2, -0.15) is 0 Å². The standard InChI is InChI=1S/C9H16O4/c1-6-9(3,13-7(2)10)8(11-4)12-5/h6,8H,1H2,2-5H3. The lowest BCUT2D eigenvalue weighted by atomic mass is 10.1. The number of hydrogen-bond donors (Lipinski definition) is 0. The number of methoxy groups -OCH3 is 2. The summed E-state index contributed by atoms with van der Waals surface area (Å²) >= 11 is 0. The van der Waals surface area contributed by atoms with Crippen LogP contribution in [0.3, 0.4) is 0 Å². The molecule has 0 aliphatic heterocycles. The molecule has 0 fully saturated rings. The van der Waals surface area contributed by atoms with Gasteiger partial charge in [-0.3, -0.25) is 4.79 Å². The monoisotopic (exact) mass is 188 g/mol. The van der Waals surface area contributed by atoms with Gasteiger partial charge in [0, 0.05) is 21.1 Å². The van der Waals surface area contributed by atoms with Gasteiger partial charge in [-0.05, 0) is 13.0 Å². The van der Waals surface area contributed by atoms with E-state index in [1.54, 1.807) is 6.92 Å². The van der Waals surface area contributed by atoms with Gasteiger partial charge in [0.1, 0.15) is 0 Å². The molecule has 0 radical (unpaired) electrons. The fraction of sp³-hybridized carbons (Fsp3) is 0.667. The van der Waals surface area contributed by atoms with Gasteiger partial charge in [0.2, 0.25) is 6.29 Å². The Labute approximate surface area is 78.5 Å². The number of esters is 1. The summed E-state index contributed by atoms with van der Waals surface area (Å²) in [4.78, 5) is 10.8. The zero-order valence-corrected chi connectivity index (χ0v) is 8.49. The summed E-state index contributed by atoms with van der Waals surface area (Å²) < 4.78 is 15.0. The first-order valence-corrected chi connectivity index (χ1v) is 3.89. The first kappa shape index (κ1) is 12.1. The van der Waals surface area contributed by atoms with E-state index in [2.05, 4.69) is 6.58 Å². The molecule has 0 aromatic carbocycles. The Bertz CT molecular complexity index is 186. The molecule has 4 nitrogen and oxygen atoms in total. The molecule has 0 aromatic rings. The molecule has 1 unspecified atom stereocenters. The van der Waals surface area contributed by atoms with Crippen LogP contribution in [0.2, 0.25) is 0 Å². The van der Waals surface area contributed by atoms with Gasteiger partial charge >= 0.3 is 5.97 Å². The minimum atomic E-state index is -0.949. The highest BCUT2D eigenvalue weighted by Crippen LogP contribution is 2.20. The van der Waals surface area contributed by atoms with Gasteiger partial charge in [-0.1, -0.05) is 6.58 Å². The van der Waals surface area contributed by atoms with E-state index in [1.165, 1.54) is 27.2 Å². The fourth-order valence-electron chi connectivity index (χ4n) is 1.06. The number of hydrogen-bond acceptors (Lipinski definition) is 4. The van der Waals surface area contributed by atoms with Crippen molar-refractivity contribution in [1.82, 2.24) is 0 Å². The molecule has 0 heterocycles. The Kier molecular flexibility index (Phi) is 4.66. The lowest BCUT2D eigenvalue weighted by Crippen LogP contribution is -2.43. The van der Waals surface area contributed by atoms with Crippen molar-refractivity contribution in [2.24, 2.45) is 0 Å². The fourth-order valence-corrected chi connectivity index (χ4v) is 1.06.